The van der Waals surface area contributed by atoms with Gasteiger partial charge in [-0.25, -0.2) is 0 Å². The minimum absolute atomic E-state index is 0.0345. The van der Waals surface area contributed by atoms with Crippen molar-refractivity contribution >= 4 is 5.91 Å². The Balaban J connectivity index is 1.67. The number of hydrogen-bond donors (Lipinski definition) is 1. The number of amides is 1. The van der Waals surface area contributed by atoms with Gasteiger partial charge in [0.2, 0.25) is 5.91 Å². The minimum Gasteiger partial charge on any atom is -0.331 e. The SMILES string of the molecule is Cc1ccc([C@@H]2C(=O)N(C3CCC(N)CC3)[C@H]2c2ccc(C#N)cc2)cc1. The first kappa shape index (κ1) is 17.8. The number of rotatable bonds is 3. The number of nitrogens with zero attached hydrogens (tertiary/aromatic N) is 2. The van der Waals surface area contributed by atoms with Crippen molar-refractivity contribution in [3.8, 4) is 6.07 Å². The molecule has 27 heavy (non-hydrogen) atoms. The molecule has 0 unspecified atom stereocenters. The summed E-state index contributed by atoms with van der Waals surface area (Å²) < 4.78 is 0. The molecule has 4 heteroatoms. The Bertz CT molecular complexity index is 858. The van der Waals surface area contributed by atoms with Crippen LogP contribution < -0.4 is 5.73 Å². The van der Waals surface area contributed by atoms with Crippen molar-refractivity contribution in [2.75, 3.05) is 0 Å². The molecule has 4 nitrogen and oxygen atoms in total. The van der Waals surface area contributed by atoms with Crippen molar-refractivity contribution in [2.45, 2.75) is 56.7 Å². The Morgan fingerprint density at radius 1 is 0.963 bits per heavy atom. The molecule has 1 aliphatic carbocycles. The first-order valence-electron chi connectivity index (χ1n) is 9.73. The number of benzene rings is 2. The fraction of sp³-hybridized carbons (Fsp3) is 0.391. The molecule has 0 bridgehead atoms. The zero-order valence-corrected chi connectivity index (χ0v) is 15.6. The Morgan fingerprint density at radius 3 is 2.15 bits per heavy atom. The lowest BCUT2D eigenvalue weighted by molar-refractivity contribution is -0.156. The van der Waals surface area contributed by atoms with Gasteiger partial charge in [0.1, 0.15) is 0 Å². The Morgan fingerprint density at radius 2 is 1.56 bits per heavy atom. The van der Waals surface area contributed by atoms with Crippen molar-refractivity contribution in [2.24, 2.45) is 5.73 Å². The van der Waals surface area contributed by atoms with E-state index in [2.05, 4.69) is 42.2 Å². The molecule has 1 saturated heterocycles. The summed E-state index contributed by atoms with van der Waals surface area (Å²) in [7, 11) is 0. The third kappa shape index (κ3) is 3.24. The summed E-state index contributed by atoms with van der Waals surface area (Å²) in [6, 6.07) is 18.7. The van der Waals surface area contributed by atoms with Crippen molar-refractivity contribution in [1.29, 1.82) is 5.26 Å². The molecule has 4 rings (SSSR count). The normalized spacial score (nSPS) is 27.7. The standard InChI is InChI=1S/C23H25N3O/c1-15-2-6-17(7-3-15)21-22(18-8-4-16(14-24)5-9-18)26(23(21)27)20-12-10-19(25)11-13-20/h2-9,19-22H,10-13,25H2,1H3/t19?,20?,21-,22-/m0/s1. The van der Waals surface area contributed by atoms with E-state index in [1.165, 1.54) is 5.56 Å². The molecule has 2 aromatic rings. The minimum atomic E-state index is -0.144. The molecule has 2 atom stereocenters. The Kier molecular flexibility index (Phi) is 4.72. The van der Waals surface area contributed by atoms with Crippen LogP contribution in [0.1, 0.15) is 59.9 Å². The van der Waals surface area contributed by atoms with Crippen LogP contribution in [0.25, 0.3) is 0 Å². The Hall–Kier alpha value is -2.64. The van der Waals surface area contributed by atoms with Gasteiger partial charge in [-0.2, -0.15) is 5.26 Å². The van der Waals surface area contributed by atoms with Gasteiger partial charge in [0, 0.05) is 12.1 Å². The van der Waals surface area contributed by atoms with Crippen molar-refractivity contribution in [1.82, 2.24) is 4.90 Å². The number of β-lactam (4-membered cyclic amide) rings is 1. The van der Waals surface area contributed by atoms with Crippen LogP contribution in [0, 0.1) is 18.3 Å². The highest BCUT2D eigenvalue weighted by atomic mass is 16.2. The summed E-state index contributed by atoms with van der Waals surface area (Å²) in [4.78, 5) is 15.3. The van der Waals surface area contributed by atoms with E-state index in [4.69, 9.17) is 11.0 Å². The molecule has 2 N–H and O–H groups in total. The van der Waals surface area contributed by atoms with E-state index in [9.17, 15) is 4.79 Å². The highest BCUT2D eigenvalue weighted by molar-refractivity contribution is 5.92. The maximum Gasteiger partial charge on any atom is 0.233 e. The number of aryl methyl sites for hydroxylation is 1. The van der Waals surface area contributed by atoms with Gasteiger partial charge in [-0.15, -0.1) is 0 Å². The molecule has 0 aromatic heterocycles. The summed E-state index contributed by atoms with van der Waals surface area (Å²) in [6.07, 6.45) is 3.90. The number of likely N-dealkylation sites (tertiary alicyclic amines) is 1. The first-order chi connectivity index (χ1) is 13.1. The number of carbonyl (C=O) groups is 1. The maximum atomic E-state index is 13.2. The summed E-state index contributed by atoms with van der Waals surface area (Å²) in [5.41, 5.74) is 10.1. The first-order valence-corrected chi connectivity index (χ1v) is 9.73. The third-order valence-corrected chi connectivity index (χ3v) is 6.09. The summed E-state index contributed by atoms with van der Waals surface area (Å²) in [5, 5.41) is 9.09. The van der Waals surface area contributed by atoms with E-state index in [-0.39, 0.29) is 30.0 Å². The van der Waals surface area contributed by atoms with Crippen LogP contribution in [-0.2, 0) is 4.79 Å². The van der Waals surface area contributed by atoms with Crippen molar-refractivity contribution < 1.29 is 4.79 Å². The lowest BCUT2D eigenvalue weighted by Crippen LogP contribution is -2.58. The largest absolute Gasteiger partial charge is 0.331 e. The van der Waals surface area contributed by atoms with E-state index in [0.717, 1.165) is 36.8 Å². The molecule has 1 aliphatic heterocycles. The zero-order chi connectivity index (χ0) is 19.0. The van der Waals surface area contributed by atoms with Crippen LogP contribution in [0.2, 0.25) is 0 Å². The molecular formula is C23H25N3O. The van der Waals surface area contributed by atoms with E-state index < -0.39 is 0 Å². The van der Waals surface area contributed by atoms with Crippen LogP contribution in [0.3, 0.4) is 0 Å². The second-order valence-corrected chi connectivity index (χ2v) is 7.88. The van der Waals surface area contributed by atoms with Gasteiger partial charge in [-0.1, -0.05) is 42.0 Å². The number of carbonyl (C=O) groups excluding carboxylic acids is 1. The molecule has 2 fully saturated rings. The van der Waals surface area contributed by atoms with Gasteiger partial charge in [-0.3, -0.25) is 4.79 Å². The molecule has 1 amide bonds. The number of hydrogen-bond acceptors (Lipinski definition) is 3. The van der Waals surface area contributed by atoms with Gasteiger partial charge >= 0.3 is 0 Å². The smallest absolute Gasteiger partial charge is 0.233 e. The molecule has 1 heterocycles. The molecule has 138 valence electrons. The summed E-state index contributed by atoms with van der Waals surface area (Å²) >= 11 is 0. The van der Waals surface area contributed by atoms with Gasteiger partial charge in [0.05, 0.1) is 23.6 Å². The fourth-order valence-corrected chi connectivity index (χ4v) is 4.50. The fourth-order valence-electron chi connectivity index (χ4n) is 4.50. The summed E-state index contributed by atoms with van der Waals surface area (Å²) in [5.74, 6) is 0.0721. The van der Waals surface area contributed by atoms with Crippen LogP contribution in [0.15, 0.2) is 48.5 Å². The quantitative estimate of drug-likeness (QED) is 0.847. The maximum absolute atomic E-state index is 13.2. The molecule has 2 aliphatic rings. The monoisotopic (exact) mass is 359 g/mol. The van der Waals surface area contributed by atoms with Crippen molar-refractivity contribution in [3.05, 3.63) is 70.8 Å². The predicted molar refractivity (Wildman–Crippen MR) is 105 cm³/mol. The van der Waals surface area contributed by atoms with E-state index in [0.29, 0.717) is 5.56 Å². The summed E-state index contributed by atoms with van der Waals surface area (Å²) in [6.45, 7) is 2.06. The molecule has 2 aromatic carbocycles. The highest BCUT2D eigenvalue weighted by Gasteiger charge is 2.51. The van der Waals surface area contributed by atoms with Gasteiger partial charge < -0.3 is 10.6 Å². The van der Waals surface area contributed by atoms with E-state index in [1.807, 2.05) is 24.3 Å². The lowest BCUT2D eigenvalue weighted by Gasteiger charge is -2.53. The van der Waals surface area contributed by atoms with E-state index >= 15 is 0 Å². The highest BCUT2D eigenvalue weighted by Crippen LogP contribution is 2.49. The molecule has 1 saturated carbocycles. The van der Waals surface area contributed by atoms with E-state index in [1.54, 1.807) is 0 Å². The average molecular weight is 359 g/mol. The molecule has 0 radical (unpaired) electrons. The van der Waals surface area contributed by atoms with Gasteiger partial charge in [0.15, 0.2) is 0 Å². The second kappa shape index (κ2) is 7.17. The molecular weight excluding hydrogens is 334 g/mol. The van der Waals surface area contributed by atoms with Crippen LogP contribution in [0.4, 0.5) is 0 Å². The van der Waals surface area contributed by atoms with Crippen LogP contribution in [-0.4, -0.2) is 22.9 Å². The van der Waals surface area contributed by atoms with Crippen LogP contribution >= 0.6 is 0 Å². The lowest BCUT2D eigenvalue weighted by atomic mass is 9.74. The zero-order valence-electron chi connectivity index (χ0n) is 15.6. The predicted octanol–water partition coefficient (Wildman–Crippen LogP) is 3.80. The van der Waals surface area contributed by atoms with Crippen molar-refractivity contribution in [3.63, 3.8) is 0 Å². The topological polar surface area (TPSA) is 70.1 Å². The number of nitrogens with two attached hydrogens (primary N) is 1. The second-order valence-electron chi connectivity index (χ2n) is 7.88. The van der Waals surface area contributed by atoms with Crippen LogP contribution in [0.5, 0.6) is 0 Å². The number of nitriles is 1. The van der Waals surface area contributed by atoms with Gasteiger partial charge in [0.25, 0.3) is 0 Å². The van der Waals surface area contributed by atoms with Gasteiger partial charge in [-0.05, 0) is 55.9 Å². The molecule has 0 spiro atoms. The Labute approximate surface area is 160 Å². The third-order valence-electron chi connectivity index (χ3n) is 6.09. The average Bonchev–Trinajstić information content (AvgIpc) is 2.69.